The Morgan fingerprint density at radius 2 is 1.68 bits per heavy atom. The Balaban J connectivity index is 1.43. The van der Waals surface area contributed by atoms with Crippen LogP contribution in [-0.2, 0) is 4.74 Å². The number of carbonyl (C=O) groups excluding carboxylic acids is 2. The summed E-state index contributed by atoms with van der Waals surface area (Å²) in [6, 6.07) is 7.30. The van der Waals surface area contributed by atoms with Crippen LogP contribution in [0.1, 0.15) is 59.0 Å². The lowest BCUT2D eigenvalue weighted by molar-refractivity contribution is -0.0586. The number of nitrogens with one attached hydrogen (secondary N) is 1. The van der Waals surface area contributed by atoms with Crippen LogP contribution in [0.4, 0.5) is 0 Å². The number of piperidine rings is 1. The molecule has 3 heterocycles. The molecule has 0 spiro atoms. The lowest BCUT2D eigenvalue weighted by Gasteiger charge is -2.36. The largest absolute Gasteiger partial charge is 0.496 e. The third-order valence-electron chi connectivity index (χ3n) is 6.13. The van der Waals surface area contributed by atoms with Gasteiger partial charge in [0.05, 0.1) is 42.3 Å². The third kappa shape index (κ3) is 4.44. The fourth-order valence-corrected chi connectivity index (χ4v) is 4.65. The zero-order chi connectivity index (χ0) is 22.0. The highest BCUT2D eigenvalue weighted by Crippen LogP contribution is 2.31. The summed E-state index contributed by atoms with van der Waals surface area (Å²) in [5.74, 6) is 0.732. The van der Waals surface area contributed by atoms with Crippen molar-refractivity contribution in [3.63, 3.8) is 0 Å². The maximum atomic E-state index is 13.2. The molecule has 8 heteroatoms. The molecule has 166 valence electrons. The molecule has 2 fully saturated rings. The number of hydrogen-bond acceptors (Lipinski definition) is 5. The molecule has 31 heavy (non-hydrogen) atoms. The predicted octanol–water partition coefficient (Wildman–Crippen LogP) is 2.69. The Bertz CT molecular complexity index is 925. The monoisotopic (exact) mass is 426 g/mol. The highest BCUT2D eigenvalue weighted by Gasteiger charge is 2.32. The van der Waals surface area contributed by atoms with Gasteiger partial charge in [0.15, 0.2) is 0 Å². The zero-order valence-electron chi connectivity index (χ0n) is 18.3. The summed E-state index contributed by atoms with van der Waals surface area (Å²) in [7, 11) is 1.57. The van der Waals surface area contributed by atoms with Gasteiger partial charge in [0.2, 0.25) is 0 Å². The van der Waals surface area contributed by atoms with E-state index in [0.717, 1.165) is 18.5 Å². The molecular formula is C23H30N4O4. The van der Waals surface area contributed by atoms with Crippen molar-refractivity contribution in [3.05, 3.63) is 47.3 Å². The number of nitrogens with zero attached hydrogens (tertiary/aromatic N) is 3. The molecule has 0 aliphatic carbocycles. The first kappa shape index (κ1) is 21.4. The summed E-state index contributed by atoms with van der Waals surface area (Å²) in [6.07, 6.45) is 3.23. The van der Waals surface area contributed by atoms with Gasteiger partial charge in [-0.2, -0.15) is 5.10 Å². The van der Waals surface area contributed by atoms with Crippen LogP contribution in [0.25, 0.3) is 0 Å². The molecule has 8 nitrogen and oxygen atoms in total. The maximum Gasteiger partial charge on any atom is 0.257 e. The van der Waals surface area contributed by atoms with Crippen LogP contribution in [0.5, 0.6) is 5.75 Å². The highest BCUT2D eigenvalue weighted by atomic mass is 16.5. The molecule has 0 bridgehead atoms. The van der Waals surface area contributed by atoms with Crippen LogP contribution in [0, 0.1) is 0 Å². The first-order valence-electron chi connectivity index (χ1n) is 10.9. The lowest BCUT2D eigenvalue weighted by Crippen LogP contribution is -2.48. The second-order valence-corrected chi connectivity index (χ2v) is 8.43. The molecule has 0 unspecified atom stereocenters. The number of morpholine rings is 1. The van der Waals surface area contributed by atoms with Gasteiger partial charge in [-0.3, -0.25) is 14.7 Å². The molecule has 0 radical (unpaired) electrons. The first-order valence-corrected chi connectivity index (χ1v) is 10.9. The Hall–Kier alpha value is -2.87. The number of carbonyl (C=O) groups is 2. The number of rotatable bonds is 4. The van der Waals surface area contributed by atoms with Crippen molar-refractivity contribution in [2.45, 2.75) is 44.8 Å². The van der Waals surface area contributed by atoms with Gasteiger partial charge in [0, 0.05) is 32.1 Å². The van der Waals surface area contributed by atoms with Crippen molar-refractivity contribution < 1.29 is 19.1 Å². The van der Waals surface area contributed by atoms with E-state index in [1.54, 1.807) is 25.4 Å². The Kier molecular flexibility index (Phi) is 6.27. The van der Waals surface area contributed by atoms with Crippen LogP contribution in [-0.4, -0.2) is 77.3 Å². The first-order chi connectivity index (χ1) is 15.0. The standard InChI is InChI=1S/C23H30N4O4/c1-15-13-27(14-16(2)31-15)23(29)19-12-24-25-21(19)17-8-10-26(11-9-17)22(28)18-6-4-5-7-20(18)30-3/h4-7,12,15-17H,8-11,13-14H2,1-3H3,(H,24,25)/t15-,16-/m1/s1. The third-order valence-corrected chi connectivity index (χ3v) is 6.13. The van der Waals surface area contributed by atoms with Crippen LogP contribution in [0.3, 0.4) is 0 Å². The van der Waals surface area contributed by atoms with Crippen molar-refractivity contribution in [1.82, 2.24) is 20.0 Å². The van der Waals surface area contributed by atoms with Crippen molar-refractivity contribution >= 4 is 11.8 Å². The fourth-order valence-electron chi connectivity index (χ4n) is 4.65. The van der Waals surface area contributed by atoms with E-state index in [-0.39, 0.29) is 29.9 Å². The Morgan fingerprint density at radius 1 is 1.03 bits per heavy atom. The highest BCUT2D eigenvalue weighted by molar-refractivity contribution is 5.97. The number of para-hydroxylation sites is 1. The Labute approximate surface area is 182 Å². The number of ether oxygens (including phenoxy) is 2. The number of methoxy groups -OCH3 is 1. The number of likely N-dealkylation sites (tertiary alicyclic amines) is 1. The van der Waals surface area contributed by atoms with E-state index in [4.69, 9.17) is 9.47 Å². The van der Waals surface area contributed by atoms with Crippen molar-refractivity contribution in [3.8, 4) is 5.75 Å². The van der Waals surface area contributed by atoms with Crippen LogP contribution >= 0.6 is 0 Å². The number of aromatic amines is 1. The van der Waals surface area contributed by atoms with E-state index >= 15 is 0 Å². The van der Waals surface area contributed by atoms with Gasteiger partial charge in [0.1, 0.15) is 5.75 Å². The normalized spacial score (nSPS) is 22.4. The summed E-state index contributed by atoms with van der Waals surface area (Å²) >= 11 is 0. The summed E-state index contributed by atoms with van der Waals surface area (Å²) < 4.78 is 11.1. The molecule has 2 amide bonds. The Morgan fingerprint density at radius 3 is 2.35 bits per heavy atom. The van der Waals surface area contributed by atoms with Crippen molar-refractivity contribution in [2.24, 2.45) is 0 Å². The van der Waals surface area contributed by atoms with E-state index in [1.165, 1.54) is 0 Å². The molecule has 1 aromatic carbocycles. The van der Waals surface area contributed by atoms with Gasteiger partial charge in [-0.1, -0.05) is 12.1 Å². The quantitative estimate of drug-likeness (QED) is 0.812. The minimum absolute atomic E-state index is 0.00159. The molecular weight excluding hydrogens is 396 g/mol. The topological polar surface area (TPSA) is 87.8 Å². The van der Waals surface area contributed by atoms with Gasteiger partial charge < -0.3 is 19.3 Å². The summed E-state index contributed by atoms with van der Waals surface area (Å²) in [4.78, 5) is 29.9. The minimum atomic E-state index is -0.0203. The molecule has 2 aliphatic heterocycles. The number of H-pyrrole nitrogens is 1. The number of benzene rings is 1. The van der Waals surface area contributed by atoms with E-state index in [2.05, 4.69) is 10.2 Å². The molecule has 2 saturated heterocycles. The number of aromatic nitrogens is 2. The summed E-state index contributed by atoms with van der Waals surface area (Å²) in [6.45, 7) is 6.39. The molecule has 2 atom stereocenters. The predicted molar refractivity (Wildman–Crippen MR) is 115 cm³/mol. The fraction of sp³-hybridized carbons (Fsp3) is 0.522. The molecule has 1 N–H and O–H groups in total. The molecule has 0 saturated carbocycles. The van der Waals surface area contributed by atoms with Gasteiger partial charge in [-0.25, -0.2) is 0 Å². The molecule has 4 rings (SSSR count). The smallest absolute Gasteiger partial charge is 0.257 e. The van der Waals surface area contributed by atoms with E-state index in [0.29, 0.717) is 43.1 Å². The van der Waals surface area contributed by atoms with Gasteiger partial charge in [0.25, 0.3) is 11.8 Å². The summed E-state index contributed by atoms with van der Waals surface area (Å²) in [5, 5.41) is 7.23. The SMILES string of the molecule is COc1ccccc1C(=O)N1CCC(c2[nH]ncc2C(=O)N2C[C@@H](C)O[C@H](C)C2)CC1. The zero-order valence-corrected chi connectivity index (χ0v) is 18.3. The van der Waals surface area contributed by atoms with Crippen molar-refractivity contribution in [1.29, 1.82) is 0 Å². The molecule has 2 aliphatic rings. The van der Waals surface area contributed by atoms with Crippen LogP contribution in [0.15, 0.2) is 30.5 Å². The molecule has 1 aromatic heterocycles. The molecule has 2 aromatic rings. The van der Waals surface area contributed by atoms with Gasteiger partial charge >= 0.3 is 0 Å². The lowest BCUT2D eigenvalue weighted by atomic mass is 9.90. The maximum absolute atomic E-state index is 13.2. The van der Waals surface area contributed by atoms with Gasteiger partial charge in [-0.05, 0) is 38.8 Å². The van der Waals surface area contributed by atoms with Crippen molar-refractivity contribution in [2.75, 3.05) is 33.3 Å². The van der Waals surface area contributed by atoms with E-state index in [9.17, 15) is 9.59 Å². The van der Waals surface area contributed by atoms with Crippen LogP contribution in [0.2, 0.25) is 0 Å². The van der Waals surface area contributed by atoms with Gasteiger partial charge in [-0.15, -0.1) is 0 Å². The van der Waals surface area contributed by atoms with E-state index in [1.807, 2.05) is 35.8 Å². The van der Waals surface area contributed by atoms with Crippen LogP contribution < -0.4 is 4.74 Å². The average Bonchev–Trinajstić information content (AvgIpc) is 3.27. The number of hydrogen-bond donors (Lipinski definition) is 1. The summed E-state index contributed by atoms with van der Waals surface area (Å²) in [5.41, 5.74) is 2.09. The average molecular weight is 427 g/mol. The minimum Gasteiger partial charge on any atom is -0.496 e. The second kappa shape index (κ2) is 9.09. The second-order valence-electron chi connectivity index (χ2n) is 8.43. The van der Waals surface area contributed by atoms with E-state index < -0.39 is 0 Å². The number of amides is 2.